The first kappa shape index (κ1) is 11.7. The molecule has 2 heterocycles. The van der Waals surface area contributed by atoms with Gasteiger partial charge in [-0.1, -0.05) is 11.8 Å². The predicted molar refractivity (Wildman–Crippen MR) is 75.5 cm³/mol. The third-order valence-corrected chi connectivity index (χ3v) is 4.90. The second-order valence-electron chi connectivity index (χ2n) is 4.20. The van der Waals surface area contributed by atoms with Gasteiger partial charge >= 0.3 is 0 Å². The summed E-state index contributed by atoms with van der Waals surface area (Å²) in [6, 6.07) is 0. The maximum Gasteiger partial charge on any atom is 0.259 e. The average Bonchev–Trinajstić information content (AvgIpc) is 2.85. The summed E-state index contributed by atoms with van der Waals surface area (Å²) >= 11 is 2.79. The summed E-state index contributed by atoms with van der Waals surface area (Å²) < 4.78 is 0. The van der Waals surface area contributed by atoms with E-state index in [-0.39, 0.29) is 10.7 Å². The van der Waals surface area contributed by atoms with Crippen molar-refractivity contribution in [3.8, 4) is 0 Å². The second-order valence-corrected chi connectivity index (χ2v) is 6.30. The Balaban J connectivity index is 2.06. The molecule has 0 aromatic carbocycles. The largest absolute Gasteiger partial charge is 0.379 e. The van der Waals surface area contributed by atoms with Gasteiger partial charge in [-0.2, -0.15) is 0 Å². The van der Waals surface area contributed by atoms with Gasteiger partial charge < -0.3 is 10.7 Å². The normalized spacial score (nSPS) is 14.0. The molecule has 0 radical (unpaired) electrons. The van der Waals surface area contributed by atoms with E-state index in [1.165, 1.54) is 22.2 Å². The number of thioether (sulfide) groups is 1. The minimum Gasteiger partial charge on any atom is -0.379 e. The fraction of sp³-hybridized carbons (Fsp3) is 0.364. The van der Waals surface area contributed by atoms with E-state index in [2.05, 4.69) is 9.97 Å². The molecule has 1 aliphatic rings. The van der Waals surface area contributed by atoms with E-state index >= 15 is 0 Å². The van der Waals surface area contributed by atoms with Crippen LogP contribution in [0.5, 0.6) is 0 Å². The van der Waals surface area contributed by atoms with Gasteiger partial charge in [0.1, 0.15) is 10.7 Å². The Morgan fingerprint density at radius 3 is 3.17 bits per heavy atom. The smallest absolute Gasteiger partial charge is 0.259 e. The van der Waals surface area contributed by atoms with Crippen LogP contribution in [0.2, 0.25) is 0 Å². The molecule has 0 unspecified atom stereocenters. The van der Waals surface area contributed by atoms with Crippen LogP contribution in [0, 0.1) is 5.41 Å². The highest BCUT2D eigenvalue weighted by molar-refractivity contribution is 8.13. The lowest BCUT2D eigenvalue weighted by Gasteiger charge is -2.00. The fourth-order valence-electron chi connectivity index (χ4n) is 2.26. The van der Waals surface area contributed by atoms with Crippen LogP contribution >= 0.6 is 23.1 Å². The fourth-order valence-corrected chi connectivity index (χ4v) is 3.97. The molecule has 0 aliphatic heterocycles. The van der Waals surface area contributed by atoms with Gasteiger partial charge in [-0.15, -0.1) is 11.3 Å². The van der Waals surface area contributed by atoms with Gasteiger partial charge in [-0.05, 0) is 24.8 Å². The van der Waals surface area contributed by atoms with Crippen LogP contribution < -0.4 is 11.3 Å². The minimum atomic E-state index is -0.0569. The number of aromatic nitrogens is 2. The number of aryl methyl sites for hydroxylation is 2. The summed E-state index contributed by atoms with van der Waals surface area (Å²) in [5, 5.41) is 7.96. The Morgan fingerprint density at radius 2 is 2.39 bits per heavy atom. The highest BCUT2D eigenvalue weighted by Crippen LogP contribution is 2.34. The van der Waals surface area contributed by atoms with Crippen molar-refractivity contribution in [1.82, 2.24) is 9.97 Å². The number of aromatic amines is 1. The van der Waals surface area contributed by atoms with E-state index in [4.69, 9.17) is 11.1 Å². The van der Waals surface area contributed by atoms with Gasteiger partial charge in [0.15, 0.2) is 5.17 Å². The number of hydrogen-bond donors (Lipinski definition) is 3. The Hall–Kier alpha value is -1.34. The number of thiophene rings is 1. The maximum absolute atomic E-state index is 12.1. The lowest BCUT2D eigenvalue weighted by atomic mass is 10.2. The highest BCUT2D eigenvalue weighted by atomic mass is 32.2. The Kier molecular flexibility index (Phi) is 2.87. The van der Waals surface area contributed by atoms with Gasteiger partial charge in [0.05, 0.1) is 11.1 Å². The molecule has 7 heteroatoms. The van der Waals surface area contributed by atoms with Gasteiger partial charge in [0.25, 0.3) is 5.56 Å². The maximum atomic E-state index is 12.1. The van der Waals surface area contributed by atoms with Crippen molar-refractivity contribution >= 4 is 38.5 Å². The second kappa shape index (κ2) is 4.40. The van der Waals surface area contributed by atoms with Crippen LogP contribution in [0.4, 0.5) is 0 Å². The number of H-pyrrole nitrogens is 1. The minimum absolute atomic E-state index is 0.0337. The number of hydrogen-bond acceptors (Lipinski definition) is 5. The molecule has 0 fully saturated rings. The number of amidine groups is 1. The molecule has 0 saturated heterocycles. The summed E-state index contributed by atoms with van der Waals surface area (Å²) in [4.78, 5) is 21.5. The van der Waals surface area contributed by atoms with Crippen molar-refractivity contribution in [2.24, 2.45) is 5.73 Å². The molecule has 2 aromatic heterocycles. The number of rotatable bonds is 2. The van der Waals surface area contributed by atoms with Gasteiger partial charge in [-0.25, -0.2) is 4.98 Å². The summed E-state index contributed by atoms with van der Waals surface area (Å²) in [7, 11) is 0. The molecule has 1 aliphatic carbocycles. The molecule has 0 spiro atoms. The number of nitrogens with two attached hydrogens (primary N) is 1. The molecule has 0 saturated carbocycles. The SMILES string of the molecule is N=C(N)SCc1nc2sc3c(c2c(=O)[nH]1)CCC3. The topological polar surface area (TPSA) is 95.6 Å². The van der Waals surface area contributed by atoms with Crippen LogP contribution in [0.1, 0.15) is 22.7 Å². The number of fused-ring (bicyclic) bond motifs is 3. The summed E-state index contributed by atoms with van der Waals surface area (Å²) in [5.74, 6) is 1.02. The molecule has 2 aromatic rings. The first-order chi connectivity index (χ1) is 8.65. The van der Waals surface area contributed by atoms with Gasteiger partial charge in [0.2, 0.25) is 0 Å². The molecule has 5 nitrogen and oxygen atoms in total. The van der Waals surface area contributed by atoms with Gasteiger partial charge in [0, 0.05) is 4.88 Å². The molecule has 0 bridgehead atoms. The molecule has 4 N–H and O–H groups in total. The monoisotopic (exact) mass is 280 g/mol. The lowest BCUT2D eigenvalue weighted by molar-refractivity contribution is 0.916. The molecule has 18 heavy (non-hydrogen) atoms. The van der Waals surface area contributed by atoms with Crippen molar-refractivity contribution < 1.29 is 0 Å². The van der Waals surface area contributed by atoms with Gasteiger partial charge in [-0.3, -0.25) is 10.2 Å². The van der Waals surface area contributed by atoms with Crippen molar-refractivity contribution in [3.05, 3.63) is 26.6 Å². The van der Waals surface area contributed by atoms with Crippen LogP contribution in [0.15, 0.2) is 4.79 Å². The Bertz CT molecular complexity index is 688. The summed E-state index contributed by atoms with van der Waals surface area (Å²) in [5.41, 5.74) is 6.41. The molecule has 94 valence electrons. The Labute approximate surface area is 111 Å². The van der Waals surface area contributed by atoms with Crippen molar-refractivity contribution in [2.75, 3.05) is 0 Å². The van der Waals surface area contributed by atoms with Crippen LogP contribution in [0.25, 0.3) is 10.2 Å². The molecule has 3 rings (SSSR count). The highest BCUT2D eigenvalue weighted by Gasteiger charge is 2.20. The van der Waals surface area contributed by atoms with E-state index in [0.29, 0.717) is 11.6 Å². The first-order valence-electron chi connectivity index (χ1n) is 5.65. The van der Waals surface area contributed by atoms with E-state index in [1.54, 1.807) is 11.3 Å². The quantitative estimate of drug-likeness (QED) is 0.575. The predicted octanol–water partition coefficient (Wildman–Crippen LogP) is 1.60. The van der Waals surface area contributed by atoms with E-state index < -0.39 is 0 Å². The van der Waals surface area contributed by atoms with E-state index in [9.17, 15) is 4.79 Å². The zero-order chi connectivity index (χ0) is 12.7. The van der Waals surface area contributed by atoms with E-state index in [1.807, 2.05) is 0 Å². The van der Waals surface area contributed by atoms with Crippen LogP contribution in [-0.2, 0) is 18.6 Å². The third-order valence-electron chi connectivity index (χ3n) is 2.99. The number of nitrogens with zero attached hydrogens (tertiary/aromatic N) is 1. The van der Waals surface area contributed by atoms with Crippen molar-refractivity contribution in [1.29, 1.82) is 5.41 Å². The lowest BCUT2D eigenvalue weighted by Crippen LogP contribution is -2.12. The molecule has 0 atom stereocenters. The number of nitrogens with one attached hydrogen (secondary N) is 2. The van der Waals surface area contributed by atoms with Crippen molar-refractivity contribution in [2.45, 2.75) is 25.0 Å². The van der Waals surface area contributed by atoms with Crippen LogP contribution in [-0.4, -0.2) is 15.1 Å². The summed E-state index contributed by atoms with van der Waals surface area (Å²) in [6.07, 6.45) is 3.19. The first-order valence-corrected chi connectivity index (χ1v) is 7.45. The van der Waals surface area contributed by atoms with Crippen molar-refractivity contribution in [3.63, 3.8) is 0 Å². The molecular weight excluding hydrogens is 268 g/mol. The van der Waals surface area contributed by atoms with E-state index in [0.717, 1.165) is 29.5 Å². The van der Waals surface area contributed by atoms with Crippen LogP contribution in [0.3, 0.4) is 0 Å². The summed E-state index contributed by atoms with van der Waals surface area (Å²) in [6.45, 7) is 0. The Morgan fingerprint density at radius 1 is 1.56 bits per heavy atom. The standard InChI is InChI=1S/C11H12N4OS2/c12-11(13)17-4-7-14-9(16)8-5-2-1-3-6(5)18-10(8)15-7/h1-4H2,(H3,12,13)(H,14,15,16). The zero-order valence-electron chi connectivity index (χ0n) is 9.58. The molecule has 0 amide bonds. The zero-order valence-corrected chi connectivity index (χ0v) is 11.2. The molecular formula is C11H12N4OS2. The average molecular weight is 280 g/mol. The third kappa shape index (κ3) is 1.93.